The average Bonchev–Trinajstić information content (AvgIpc) is 2.62. The number of aromatic nitrogens is 1. The molecular weight excluding hydrogens is 309 g/mol. The van der Waals surface area contributed by atoms with Gasteiger partial charge in [0, 0.05) is 23.7 Å². The molecule has 1 aliphatic heterocycles. The molecule has 2 heterocycles. The van der Waals surface area contributed by atoms with E-state index in [4.69, 9.17) is 4.74 Å². The lowest BCUT2D eigenvalue weighted by Gasteiger charge is -2.21. The minimum atomic E-state index is -0.357. The van der Waals surface area contributed by atoms with Crippen LogP contribution < -0.4 is 15.4 Å². The molecule has 0 aliphatic carbocycles. The van der Waals surface area contributed by atoms with Crippen LogP contribution in [0.5, 0.6) is 5.75 Å². The Hall–Kier alpha value is -2.47. The van der Waals surface area contributed by atoms with Crippen molar-refractivity contribution in [2.45, 2.75) is 12.8 Å². The van der Waals surface area contributed by atoms with Crippen molar-refractivity contribution in [3.63, 3.8) is 0 Å². The molecule has 1 amide bonds. The van der Waals surface area contributed by atoms with Gasteiger partial charge in [-0.05, 0) is 55.8 Å². The predicted octanol–water partition coefficient (Wildman–Crippen LogP) is 2.83. The molecule has 24 heavy (non-hydrogen) atoms. The highest BCUT2D eigenvalue weighted by Crippen LogP contribution is 2.31. The lowest BCUT2D eigenvalue weighted by Crippen LogP contribution is -2.34. The number of nitrogens with one attached hydrogen (secondary N) is 2. The van der Waals surface area contributed by atoms with Gasteiger partial charge in [0.05, 0.1) is 7.11 Å². The van der Waals surface area contributed by atoms with Crippen molar-refractivity contribution in [2.75, 3.05) is 25.5 Å². The number of benzene rings is 1. The van der Waals surface area contributed by atoms with E-state index in [0.717, 1.165) is 37.1 Å². The SMILES string of the molecule is COc1cc(F)ccc1-c1ccnc(NC(=O)C2CCNCC2)c1. The predicted molar refractivity (Wildman–Crippen MR) is 90.4 cm³/mol. The van der Waals surface area contributed by atoms with E-state index >= 15 is 0 Å². The summed E-state index contributed by atoms with van der Waals surface area (Å²) in [5.74, 6) is 0.576. The van der Waals surface area contributed by atoms with E-state index in [0.29, 0.717) is 11.6 Å². The Kier molecular flexibility index (Phi) is 5.05. The molecule has 2 aromatic rings. The van der Waals surface area contributed by atoms with Crippen LogP contribution in [-0.4, -0.2) is 31.1 Å². The number of rotatable bonds is 4. The van der Waals surface area contributed by atoms with Crippen molar-refractivity contribution in [3.8, 4) is 16.9 Å². The van der Waals surface area contributed by atoms with Crippen LogP contribution in [0.1, 0.15) is 12.8 Å². The number of amides is 1. The maximum Gasteiger partial charge on any atom is 0.228 e. The molecule has 0 radical (unpaired) electrons. The number of hydrogen-bond acceptors (Lipinski definition) is 4. The van der Waals surface area contributed by atoms with Crippen LogP contribution in [0.3, 0.4) is 0 Å². The van der Waals surface area contributed by atoms with Gasteiger partial charge in [0.25, 0.3) is 0 Å². The zero-order valence-electron chi connectivity index (χ0n) is 13.5. The molecule has 1 aromatic carbocycles. The second kappa shape index (κ2) is 7.40. The first-order valence-corrected chi connectivity index (χ1v) is 7.99. The molecule has 5 nitrogen and oxygen atoms in total. The van der Waals surface area contributed by atoms with Crippen molar-refractivity contribution < 1.29 is 13.9 Å². The van der Waals surface area contributed by atoms with E-state index in [9.17, 15) is 9.18 Å². The number of hydrogen-bond donors (Lipinski definition) is 2. The molecule has 0 atom stereocenters. The van der Waals surface area contributed by atoms with Gasteiger partial charge in [-0.15, -0.1) is 0 Å². The first kappa shape index (κ1) is 16.4. The normalized spacial score (nSPS) is 15.1. The summed E-state index contributed by atoms with van der Waals surface area (Å²) in [6, 6.07) is 7.95. The van der Waals surface area contributed by atoms with Gasteiger partial charge in [-0.3, -0.25) is 4.79 Å². The van der Waals surface area contributed by atoms with Crippen LogP contribution >= 0.6 is 0 Å². The van der Waals surface area contributed by atoms with E-state index in [1.807, 2.05) is 0 Å². The van der Waals surface area contributed by atoms with Crippen LogP contribution in [0.25, 0.3) is 11.1 Å². The molecule has 0 spiro atoms. The smallest absolute Gasteiger partial charge is 0.228 e. The number of pyridine rings is 1. The van der Waals surface area contributed by atoms with Crippen molar-refractivity contribution in [1.82, 2.24) is 10.3 Å². The Bertz CT molecular complexity index is 730. The van der Waals surface area contributed by atoms with E-state index in [1.165, 1.54) is 19.2 Å². The zero-order chi connectivity index (χ0) is 16.9. The van der Waals surface area contributed by atoms with E-state index in [2.05, 4.69) is 15.6 Å². The molecule has 1 aliphatic rings. The second-order valence-corrected chi connectivity index (χ2v) is 5.79. The lowest BCUT2D eigenvalue weighted by molar-refractivity contribution is -0.120. The molecule has 1 saturated heterocycles. The highest BCUT2D eigenvalue weighted by Gasteiger charge is 2.21. The maximum atomic E-state index is 13.4. The van der Waals surface area contributed by atoms with Gasteiger partial charge in [0.2, 0.25) is 5.91 Å². The summed E-state index contributed by atoms with van der Waals surface area (Å²) in [5.41, 5.74) is 1.56. The van der Waals surface area contributed by atoms with Crippen molar-refractivity contribution in [3.05, 3.63) is 42.3 Å². The molecule has 0 saturated carbocycles. The summed E-state index contributed by atoms with van der Waals surface area (Å²) in [6.45, 7) is 1.72. The number of halogens is 1. The van der Waals surface area contributed by atoms with Crippen molar-refractivity contribution in [2.24, 2.45) is 5.92 Å². The Balaban J connectivity index is 1.80. The number of piperidine rings is 1. The highest BCUT2D eigenvalue weighted by molar-refractivity contribution is 5.92. The minimum Gasteiger partial charge on any atom is -0.496 e. The van der Waals surface area contributed by atoms with Crippen LogP contribution in [0, 0.1) is 11.7 Å². The van der Waals surface area contributed by atoms with Crippen molar-refractivity contribution in [1.29, 1.82) is 0 Å². The third-order valence-corrected chi connectivity index (χ3v) is 4.20. The molecule has 2 N–H and O–H groups in total. The zero-order valence-corrected chi connectivity index (χ0v) is 13.5. The summed E-state index contributed by atoms with van der Waals surface area (Å²) < 4.78 is 18.6. The van der Waals surface area contributed by atoms with Gasteiger partial charge in [-0.25, -0.2) is 9.37 Å². The van der Waals surface area contributed by atoms with Gasteiger partial charge >= 0.3 is 0 Å². The Morgan fingerprint density at radius 2 is 2.08 bits per heavy atom. The summed E-state index contributed by atoms with van der Waals surface area (Å²) >= 11 is 0. The number of carbonyl (C=O) groups excluding carboxylic acids is 1. The minimum absolute atomic E-state index is 0.00720. The number of nitrogens with zero attached hydrogens (tertiary/aromatic N) is 1. The summed E-state index contributed by atoms with van der Waals surface area (Å²) in [6.07, 6.45) is 3.28. The quantitative estimate of drug-likeness (QED) is 0.905. The van der Waals surface area contributed by atoms with Gasteiger partial charge in [0.15, 0.2) is 0 Å². The molecule has 0 bridgehead atoms. The number of anilines is 1. The Labute approximate surface area is 140 Å². The number of ether oxygens (including phenoxy) is 1. The van der Waals surface area contributed by atoms with Crippen LogP contribution in [0.2, 0.25) is 0 Å². The van der Waals surface area contributed by atoms with E-state index < -0.39 is 0 Å². The molecule has 1 aromatic heterocycles. The maximum absolute atomic E-state index is 13.4. The van der Waals surface area contributed by atoms with Gasteiger partial charge < -0.3 is 15.4 Å². The first-order valence-electron chi connectivity index (χ1n) is 7.99. The van der Waals surface area contributed by atoms with Crippen LogP contribution in [0.4, 0.5) is 10.2 Å². The topological polar surface area (TPSA) is 63.2 Å². The van der Waals surface area contributed by atoms with Crippen LogP contribution in [-0.2, 0) is 4.79 Å². The van der Waals surface area contributed by atoms with E-state index in [1.54, 1.807) is 24.4 Å². The number of methoxy groups -OCH3 is 1. The standard InChI is InChI=1S/C18H20FN3O2/c1-24-16-11-14(19)2-3-15(16)13-6-9-21-17(10-13)22-18(23)12-4-7-20-8-5-12/h2-3,6,9-12,20H,4-5,7-8H2,1H3,(H,21,22,23). The van der Waals surface area contributed by atoms with Crippen LogP contribution in [0.15, 0.2) is 36.5 Å². The summed E-state index contributed by atoms with van der Waals surface area (Å²) in [7, 11) is 1.50. The Morgan fingerprint density at radius 1 is 1.29 bits per heavy atom. The largest absolute Gasteiger partial charge is 0.496 e. The third kappa shape index (κ3) is 3.71. The van der Waals surface area contributed by atoms with Gasteiger partial charge in [-0.1, -0.05) is 0 Å². The fraction of sp³-hybridized carbons (Fsp3) is 0.333. The molecule has 6 heteroatoms. The Morgan fingerprint density at radius 3 is 2.83 bits per heavy atom. The third-order valence-electron chi connectivity index (χ3n) is 4.20. The average molecular weight is 329 g/mol. The van der Waals surface area contributed by atoms with Gasteiger partial charge in [0.1, 0.15) is 17.4 Å². The lowest BCUT2D eigenvalue weighted by atomic mass is 9.97. The fourth-order valence-corrected chi connectivity index (χ4v) is 2.88. The first-order chi connectivity index (χ1) is 11.7. The summed E-state index contributed by atoms with van der Waals surface area (Å²) in [5, 5.41) is 6.12. The molecule has 126 valence electrons. The molecule has 1 fully saturated rings. The molecular formula is C18H20FN3O2. The number of carbonyl (C=O) groups is 1. The fourth-order valence-electron chi connectivity index (χ4n) is 2.88. The second-order valence-electron chi connectivity index (χ2n) is 5.79. The summed E-state index contributed by atoms with van der Waals surface area (Å²) in [4.78, 5) is 16.5. The molecule has 3 rings (SSSR count). The highest BCUT2D eigenvalue weighted by atomic mass is 19.1. The van der Waals surface area contributed by atoms with Crippen molar-refractivity contribution >= 4 is 11.7 Å². The van der Waals surface area contributed by atoms with Gasteiger partial charge in [-0.2, -0.15) is 0 Å². The molecule has 0 unspecified atom stereocenters. The monoisotopic (exact) mass is 329 g/mol. The van der Waals surface area contributed by atoms with E-state index in [-0.39, 0.29) is 17.6 Å².